The molecular formula is C6H8N2. The molecule has 0 N–H and O–H groups in total. The van der Waals surface area contributed by atoms with Crippen LogP contribution in [0.5, 0.6) is 0 Å². The summed E-state index contributed by atoms with van der Waals surface area (Å²) in [6.45, 7) is 2.71. The van der Waals surface area contributed by atoms with Gasteiger partial charge in [0.1, 0.15) is 0 Å². The summed E-state index contributed by atoms with van der Waals surface area (Å²) in [6, 6.07) is 0. The van der Waals surface area contributed by atoms with Gasteiger partial charge >= 0.3 is 0 Å². The van der Waals surface area contributed by atoms with Crippen molar-refractivity contribution in [3.05, 3.63) is 12.3 Å². The van der Waals surface area contributed by atoms with Crippen molar-refractivity contribution >= 4 is 11.9 Å². The van der Waals surface area contributed by atoms with Crippen molar-refractivity contribution in [1.29, 1.82) is 0 Å². The lowest BCUT2D eigenvalue weighted by atomic mass is 10.4. The molecule has 0 amide bonds. The molecule has 2 heteroatoms. The Morgan fingerprint density at radius 2 is 2.50 bits per heavy atom. The number of allylic oxidation sites excluding steroid dienone is 1. The zero-order chi connectivity index (χ0) is 5.82. The number of nitrogens with zero attached hydrogens (tertiary/aromatic N) is 2. The first-order valence-electron chi connectivity index (χ1n) is 2.58. The topological polar surface area (TPSA) is 24.7 Å². The highest BCUT2D eigenvalue weighted by Gasteiger charge is 1.85. The summed E-state index contributed by atoms with van der Waals surface area (Å²) in [7, 11) is 0. The first kappa shape index (κ1) is 5.22. The smallest absolute Gasteiger partial charge is 0.0769 e. The largest absolute Gasteiger partial charge is 0.287 e. The molecule has 2 nitrogen and oxygen atoms in total. The minimum Gasteiger partial charge on any atom is -0.287 e. The van der Waals surface area contributed by atoms with Crippen molar-refractivity contribution in [3.63, 3.8) is 0 Å². The predicted molar refractivity (Wildman–Crippen MR) is 35.6 cm³/mol. The van der Waals surface area contributed by atoms with Crippen molar-refractivity contribution in [3.8, 4) is 0 Å². The Kier molecular flexibility index (Phi) is 1.57. The molecule has 1 aliphatic heterocycles. The van der Waals surface area contributed by atoms with Crippen LogP contribution < -0.4 is 0 Å². The molecule has 0 bridgehead atoms. The number of hydrogen-bond donors (Lipinski definition) is 0. The summed E-state index contributed by atoms with van der Waals surface area (Å²) in [5, 5.41) is 0. The average Bonchev–Trinajstić information content (AvgIpc) is 1.94. The Labute approximate surface area is 48.7 Å². The van der Waals surface area contributed by atoms with E-state index in [9.17, 15) is 0 Å². The molecule has 1 heterocycles. The van der Waals surface area contributed by atoms with Gasteiger partial charge in [-0.05, 0) is 13.0 Å². The molecule has 1 aliphatic rings. The Morgan fingerprint density at radius 3 is 3.38 bits per heavy atom. The van der Waals surface area contributed by atoms with E-state index in [4.69, 9.17) is 0 Å². The molecule has 0 aromatic heterocycles. The third-order valence-electron chi connectivity index (χ3n) is 0.893. The Morgan fingerprint density at radius 1 is 1.62 bits per heavy atom. The van der Waals surface area contributed by atoms with Gasteiger partial charge in [0.05, 0.1) is 6.54 Å². The Bertz CT molecular complexity index is 154. The number of hydrogen-bond acceptors (Lipinski definition) is 2. The van der Waals surface area contributed by atoms with E-state index in [0.29, 0.717) is 0 Å². The van der Waals surface area contributed by atoms with E-state index in [1.165, 1.54) is 0 Å². The van der Waals surface area contributed by atoms with E-state index in [-0.39, 0.29) is 0 Å². The zero-order valence-electron chi connectivity index (χ0n) is 4.83. The first-order valence-corrected chi connectivity index (χ1v) is 2.58. The minimum absolute atomic E-state index is 0.743. The maximum atomic E-state index is 4.03. The average molecular weight is 108 g/mol. The molecule has 0 unspecified atom stereocenters. The van der Waals surface area contributed by atoms with Crippen LogP contribution in [-0.2, 0) is 0 Å². The fourth-order valence-electron chi connectivity index (χ4n) is 0.495. The van der Waals surface area contributed by atoms with Crippen molar-refractivity contribution in [2.24, 2.45) is 9.98 Å². The van der Waals surface area contributed by atoms with Gasteiger partial charge in [-0.2, -0.15) is 0 Å². The van der Waals surface area contributed by atoms with Gasteiger partial charge in [-0.1, -0.05) is 0 Å². The molecule has 0 spiro atoms. The van der Waals surface area contributed by atoms with Crippen LogP contribution in [0.3, 0.4) is 0 Å². The molecule has 0 aliphatic carbocycles. The standard InChI is InChI=1S/C6H8N2/c1-6-5-7-3-2-4-8-6/h2-4H,5H2,1H3. The normalized spacial score (nSPS) is 17.9. The van der Waals surface area contributed by atoms with Crippen molar-refractivity contribution in [2.45, 2.75) is 6.92 Å². The van der Waals surface area contributed by atoms with Crippen molar-refractivity contribution < 1.29 is 0 Å². The molecular weight excluding hydrogens is 100 g/mol. The van der Waals surface area contributed by atoms with Crippen LogP contribution in [0.15, 0.2) is 22.3 Å². The van der Waals surface area contributed by atoms with Gasteiger partial charge < -0.3 is 0 Å². The van der Waals surface area contributed by atoms with E-state index >= 15 is 0 Å². The van der Waals surface area contributed by atoms with Crippen LogP contribution in [0, 0.1) is 0 Å². The molecule has 0 saturated heterocycles. The second-order valence-corrected chi connectivity index (χ2v) is 1.70. The maximum absolute atomic E-state index is 4.03. The maximum Gasteiger partial charge on any atom is 0.0769 e. The molecule has 1 rings (SSSR count). The van der Waals surface area contributed by atoms with Crippen LogP contribution in [-0.4, -0.2) is 18.5 Å². The second-order valence-electron chi connectivity index (χ2n) is 1.70. The molecule has 0 radical (unpaired) electrons. The van der Waals surface area contributed by atoms with Crippen LogP contribution in [0.2, 0.25) is 0 Å². The van der Waals surface area contributed by atoms with E-state index in [0.717, 1.165) is 12.3 Å². The van der Waals surface area contributed by atoms with E-state index in [1.807, 2.05) is 13.0 Å². The van der Waals surface area contributed by atoms with Crippen molar-refractivity contribution in [1.82, 2.24) is 0 Å². The van der Waals surface area contributed by atoms with Crippen LogP contribution in [0.4, 0.5) is 0 Å². The summed E-state index contributed by atoms with van der Waals surface area (Å²) in [4.78, 5) is 8.04. The van der Waals surface area contributed by atoms with E-state index < -0.39 is 0 Å². The summed E-state index contributed by atoms with van der Waals surface area (Å²) in [5.41, 5.74) is 1.06. The first-order chi connectivity index (χ1) is 3.89. The summed E-state index contributed by atoms with van der Waals surface area (Å²) >= 11 is 0. The molecule has 0 aromatic rings. The summed E-state index contributed by atoms with van der Waals surface area (Å²) in [6.07, 6.45) is 5.35. The Balaban J connectivity index is 2.69. The quantitative estimate of drug-likeness (QED) is 0.443. The third kappa shape index (κ3) is 1.30. The monoisotopic (exact) mass is 108 g/mol. The SMILES string of the molecule is CC1=NC=CC=NC1. The van der Waals surface area contributed by atoms with Gasteiger partial charge in [-0.25, -0.2) is 0 Å². The van der Waals surface area contributed by atoms with E-state index in [2.05, 4.69) is 9.98 Å². The van der Waals surface area contributed by atoms with Crippen LogP contribution in [0.25, 0.3) is 0 Å². The highest BCUT2D eigenvalue weighted by molar-refractivity contribution is 5.88. The molecule has 8 heavy (non-hydrogen) atoms. The van der Waals surface area contributed by atoms with Gasteiger partial charge in [-0.15, -0.1) is 0 Å². The lowest BCUT2D eigenvalue weighted by Gasteiger charge is -1.85. The molecule has 42 valence electrons. The Hall–Kier alpha value is -0.920. The number of rotatable bonds is 0. The number of aliphatic imine (C=N–C) groups is 2. The molecule has 0 aromatic carbocycles. The fourth-order valence-corrected chi connectivity index (χ4v) is 0.495. The second kappa shape index (κ2) is 2.40. The zero-order valence-corrected chi connectivity index (χ0v) is 4.83. The van der Waals surface area contributed by atoms with Gasteiger partial charge in [0, 0.05) is 18.1 Å². The summed E-state index contributed by atoms with van der Waals surface area (Å²) in [5.74, 6) is 0. The van der Waals surface area contributed by atoms with Gasteiger partial charge in [-0.3, -0.25) is 9.98 Å². The minimum atomic E-state index is 0.743. The molecule has 0 saturated carbocycles. The van der Waals surface area contributed by atoms with E-state index in [1.54, 1.807) is 12.4 Å². The summed E-state index contributed by atoms with van der Waals surface area (Å²) < 4.78 is 0. The van der Waals surface area contributed by atoms with Crippen molar-refractivity contribution in [2.75, 3.05) is 6.54 Å². The molecule has 0 atom stereocenters. The fraction of sp³-hybridized carbons (Fsp3) is 0.333. The van der Waals surface area contributed by atoms with Gasteiger partial charge in [0.15, 0.2) is 0 Å². The highest BCUT2D eigenvalue weighted by Crippen LogP contribution is 1.85. The van der Waals surface area contributed by atoms with Crippen LogP contribution >= 0.6 is 0 Å². The lowest BCUT2D eigenvalue weighted by molar-refractivity contribution is 1.29. The highest BCUT2D eigenvalue weighted by atomic mass is 14.8. The van der Waals surface area contributed by atoms with Gasteiger partial charge in [0.25, 0.3) is 0 Å². The van der Waals surface area contributed by atoms with Crippen LogP contribution in [0.1, 0.15) is 6.92 Å². The molecule has 0 fully saturated rings. The predicted octanol–water partition coefficient (Wildman–Crippen LogP) is 1.05. The van der Waals surface area contributed by atoms with Gasteiger partial charge in [0.2, 0.25) is 0 Å². The third-order valence-corrected chi connectivity index (χ3v) is 0.893. The lowest BCUT2D eigenvalue weighted by Crippen LogP contribution is -1.93.